The summed E-state index contributed by atoms with van der Waals surface area (Å²) in [5.74, 6) is 0.841. The first-order valence-corrected chi connectivity index (χ1v) is 7.93. The van der Waals surface area contributed by atoms with Gasteiger partial charge in [-0.25, -0.2) is 0 Å². The molecule has 0 N–H and O–H groups in total. The lowest BCUT2D eigenvalue weighted by atomic mass is 10.0. The zero-order chi connectivity index (χ0) is 15.2. The van der Waals surface area contributed by atoms with Gasteiger partial charge in [0.05, 0.1) is 17.2 Å². The van der Waals surface area contributed by atoms with Crippen molar-refractivity contribution < 1.29 is 4.74 Å². The molecule has 0 spiro atoms. The van der Waals surface area contributed by atoms with Crippen molar-refractivity contribution in [2.75, 3.05) is 7.11 Å². The monoisotopic (exact) mass is 360 g/mol. The fourth-order valence-electron chi connectivity index (χ4n) is 2.67. The molecular formula is C16H12Cl4O. The van der Waals surface area contributed by atoms with Gasteiger partial charge in [0.2, 0.25) is 0 Å². The van der Waals surface area contributed by atoms with Gasteiger partial charge < -0.3 is 4.74 Å². The van der Waals surface area contributed by atoms with Crippen LogP contribution in [0.25, 0.3) is 0 Å². The Morgan fingerprint density at radius 2 is 1.43 bits per heavy atom. The van der Waals surface area contributed by atoms with Gasteiger partial charge in [-0.2, -0.15) is 0 Å². The number of benzene rings is 2. The first-order valence-electron chi connectivity index (χ1n) is 6.42. The molecule has 1 aliphatic rings. The molecule has 1 fully saturated rings. The van der Waals surface area contributed by atoms with Gasteiger partial charge in [-0.3, -0.25) is 0 Å². The lowest BCUT2D eigenvalue weighted by Gasteiger charge is -2.04. The predicted molar refractivity (Wildman–Crippen MR) is 89.4 cm³/mol. The van der Waals surface area contributed by atoms with E-state index < -0.39 is 4.33 Å². The number of hydrogen-bond acceptors (Lipinski definition) is 1. The highest BCUT2D eigenvalue weighted by Gasteiger charge is 2.64. The second-order valence-corrected chi connectivity index (χ2v) is 7.34. The molecular weight excluding hydrogens is 350 g/mol. The summed E-state index contributed by atoms with van der Waals surface area (Å²) >= 11 is 25.0. The highest BCUT2D eigenvalue weighted by molar-refractivity contribution is 6.52. The molecule has 1 aliphatic carbocycles. The molecule has 1 saturated carbocycles. The van der Waals surface area contributed by atoms with Crippen LogP contribution in [0.15, 0.2) is 42.5 Å². The molecule has 5 heteroatoms. The maximum Gasteiger partial charge on any atom is 0.133 e. The number of methoxy groups -OCH3 is 1. The van der Waals surface area contributed by atoms with Gasteiger partial charge in [0.15, 0.2) is 0 Å². The molecule has 0 amide bonds. The fraction of sp³-hybridized carbons (Fsp3) is 0.250. The minimum Gasteiger partial charge on any atom is -0.497 e. The van der Waals surface area contributed by atoms with Crippen molar-refractivity contribution in [3.05, 3.63) is 63.6 Å². The van der Waals surface area contributed by atoms with E-state index >= 15 is 0 Å². The highest BCUT2D eigenvalue weighted by Crippen LogP contribution is 2.70. The maximum atomic E-state index is 6.47. The summed E-state index contributed by atoms with van der Waals surface area (Å²) in [4.78, 5) is 0. The lowest BCUT2D eigenvalue weighted by Crippen LogP contribution is -1.91. The van der Waals surface area contributed by atoms with Crippen LogP contribution < -0.4 is 4.74 Å². The van der Waals surface area contributed by atoms with E-state index in [1.165, 1.54) is 0 Å². The van der Waals surface area contributed by atoms with E-state index in [0.717, 1.165) is 16.9 Å². The van der Waals surface area contributed by atoms with Crippen molar-refractivity contribution in [1.29, 1.82) is 0 Å². The molecule has 0 radical (unpaired) electrons. The van der Waals surface area contributed by atoms with Gasteiger partial charge in [0.1, 0.15) is 10.1 Å². The van der Waals surface area contributed by atoms with Crippen LogP contribution in [0.1, 0.15) is 23.0 Å². The molecule has 0 heterocycles. The Bertz CT molecular complexity index is 666. The third-order valence-electron chi connectivity index (χ3n) is 3.83. The van der Waals surface area contributed by atoms with Gasteiger partial charge in [0, 0.05) is 11.8 Å². The normalized spacial score (nSPS) is 22.9. The van der Waals surface area contributed by atoms with Crippen molar-refractivity contribution in [1.82, 2.24) is 0 Å². The number of rotatable bonds is 3. The van der Waals surface area contributed by atoms with Gasteiger partial charge >= 0.3 is 0 Å². The van der Waals surface area contributed by atoms with Gasteiger partial charge in [-0.1, -0.05) is 41.4 Å². The highest BCUT2D eigenvalue weighted by atomic mass is 35.5. The molecule has 1 nitrogen and oxygen atoms in total. The smallest absolute Gasteiger partial charge is 0.133 e. The molecule has 0 saturated heterocycles. The van der Waals surface area contributed by atoms with E-state index in [1.807, 2.05) is 36.4 Å². The second-order valence-electron chi connectivity index (χ2n) is 5.08. The molecule has 0 bridgehead atoms. The first-order chi connectivity index (χ1) is 9.95. The van der Waals surface area contributed by atoms with Crippen molar-refractivity contribution >= 4 is 46.4 Å². The Labute approximate surface area is 143 Å². The van der Waals surface area contributed by atoms with Gasteiger partial charge in [-0.15, -0.1) is 23.2 Å². The summed E-state index contributed by atoms with van der Waals surface area (Å²) in [6.45, 7) is 0. The summed E-state index contributed by atoms with van der Waals surface area (Å²) in [7, 11) is 1.64. The summed E-state index contributed by atoms with van der Waals surface area (Å²) < 4.78 is 4.34. The SMILES string of the molecule is COc1ccc([C@H]2[C@H](c3ccc(Cl)c(Cl)c3)C2(Cl)Cl)cc1. The average Bonchev–Trinajstić information content (AvgIpc) is 3.04. The largest absolute Gasteiger partial charge is 0.497 e. The van der Waals surface area contributed by atoms with E-state index in [9.17, 15) is 0 Å². The van der Waals surface area contributed by atoms with Crippen LogP contribution in [0.2, 0.25) is 10.0 Å². The summed E-state index contributed by atoms with van der Waals surface area (Å²) in [6.07, 6.45) is 0. The summed E-state index contributed by atoms with van der Waals surface area (Å²) in [5, 5.41) is 1.04. The zero-order valence-electron chi connectivity index (χ0n) is 11.1. The van der Waals surface area contributed by atoms with Crippen LogP contribution in [-0.2, 0) is 0 Å². The van der Waals surface area contributed by atoms with Crippen LogP contribution >= 0.6 is 46.4 Å². The second kappa shape index (κ2) is 5.55. The van der Waals surface area contributed by atoms with E-state index in [2.05, 4.69) is 0 Å². The van der Waals surface area contributed by atoms with E-state index in [1.54, 1.807) is 13.2 Å². The molecule has 3 rings (SSSR count). The lowest BCUT2D eigenvalue weighted by molar-refractivity contribution is 0.414. The standard InChI is InChI=1S/C16H12Cl4O/c1-21-11-5-2-9(3-6-11)14-15(16(14,19)20)10-4-7-12(17)13(18)8-10/h2-8,14-15H,1H3/t14-,15-/m0/s1. The Balaban J connectivity index is 1.91. The predicted octanol–water partition coefficient (Wildman–Crippen LogP) is 6.06. The summed E-state index contributed by atoms with van der Waals surface area (Å²) in [5.41, 5.74) is 2.08. The third kappa shape index (κ3) is 2.73. The van der Waals surface area contributed by atoms with Crippen molar-refractivity contribution in [2.45, 2.75) is 16.2 Å². The minimum atomic E-state index is -0.828. The quantitative estimate of drug-likeness (QED) is 0.604. The Morgan fingerprint density at radius 3 is 2.00 bits per heavy atom. The molecule has 0 unspecified atom stereocenters. The van der Waals surface area contributed by atoms with Crippen LogP contribution in [0.5, 0.6) is 5.75 Å². The summed E-state index contributed by atoms with van der Waals surface area (Å²) in [6, 6.07) is 13.3. The Kier molecular flexibility index (Phi) is 4.04. The van der Waals surface area contributed by atoms with Crippen LogP contribution in [0.4, 0.5) is 0 Å². The average molecular weight is 362 g/mol. The number of hydrogen-bond donors (Lipinski definition) is 0. The Morgan fingerprint density at radius 1 is 0.857 bits per heavy atom. The molecule has 2 aromatic carbocycles. The van der Waals surface area contributed by atoms with Gasteiger partial charge in [0.25, 0.3) is 0 Å². The fourth-order valence-corrected chi connectivity index (χ4v) is 3.86. The zero-order valence-corrected chi connectivity index (χ0v) is 14.1. The number of ether oxygens (including phenoxy) is 1. The molecule has 2 atom stereocenters. The number of alkyl halides is 2. The Hall–Kier alpha value is -0.600. The molecule has 2 aromatic rings. The van der Waals surface area contributed by atoms with E-state index in [4.69, 9.17) is 51.1 Å². The third-order valence-corrected chi connectivity index (χ3v) is 5.51. The molecule has 21 heavy (non-hydrogen) atoms. The number of halogens is 4. The first kappa shape index (κ1) is 15.3. The molecule has 110 valence electrons. The van der Waals surface area contributed by atoms with Crippen LogP contribution in [0.3, 0.4) is 0 Å². The maximum absolute atomic E-state index is 6.47. The van der Waals surface area contributed by atoms with Gasteiger partial charge in [-0.05, 0) is 35.4 Å². The minimum absolute atomic E-state index is 0.00370. The van der Waals surface area contributed by atoms with Crippen molar-refractivity contribution in [3.8, 4) is 5.75 Å². The van der Waals surface area contributed by atoms with Crippen LogP contribution in [-0.4, -0.2) is 11.4 Å². The molecule has 0 aromatic heterocycles. The molecule has 0 aliphatic heterocycles. The van der Waals surface area contributed by atoms with E-state index in [0.29, 0.717) is 10.0 Å². The topological polar surface area (TPSA) is 9.23 Å². The van der Waals surface area contributed by atoms with Crippen molar-refractivity contribution in [2.24, 2.45) is 0 Å². The van der Waals surface area contributed by atoms with E-state index in [-0.39, 0.29) is 11.8 Å². The van der Waals surface area contributed by atoms with Crippen molar-refractivity contribution in [3.63, 3.8) is 0 Å². The van der Waals surface area contributed by atoms with Crippen LogP contribution in [0, 0.1) is 0 Å².